The molecular formula is C18H28N4O3. The number of anilines is 1. The molecule has 0 aliphatic heterocycles. The van der Waals surface area contributed by atoms with Crippen molar-refractivity contribution in [1.29, 1.82) is 0 Å². The molecule has 4 amide bonds. The zero-order chi connectivity index (χ0) is 19.0. The lowest BCUT2D eigenvalue weighted by molar-refractivity contribution is -0.128. The minimum Gasteiger partial charge on any atom is -0.352 e. The topological polar surface area (TPSA) is 90.5 Å². The SMILES string of the molecule is CC[C@@H](C)NC(=O)[C@@H](C)NC(=O)Nc1cccc(CN(C)C(C)=O)c1. The van der Waals surface area contributed by atoms with E-state index in [1.54, 1.807) is 37.1 Å². The molecule has 1 rings (SSSR count). The van der Waals surface area contributed by atoms with Gasteiger partial charge in [0.15, 0.2) is 0 Å². The Morgan fingerprint density at radius 2 is 1.84 bits per heavy atom. The van der Waals surface area contributed by atoms with Gasteiger partial charge in [-0.15, -0.1) is 0 Å². The molecule has 7 nitrogen and oxygen atoms in total. The Morgan fingerprint density at radius 1 is 1.16 bits per heavy atom. The molecule has 0 heterocycles. The van der Waals surface area contributed by atoms with Crippen LogP contribution in [0.5, 0.6) is 0 Å². The lowest BCUT2D eigenvalue weighted by Crippen LogP contribution is -2.48. The van der Waals surface area contributed by atoms with Gasteiger partial charge in [-0.3, -0.25) is 9.59 Å². The highest BCUT2D eigenvalue weighted by molar-refractivity contribution is 5.93. The Morgan fingerprint density at radius 3 is 2.44 bits per heavy atom. The van der Waals surface area contributed by atoms with Crippen molar-refractivity contribution in [2.75, 3.05) is 12.4 Å². The van der Waals surface area contributed by atoms with E-state index < -0.39 is 12.1 Å². The van der Waals surface area contributed by atoms with Crippen LogP contribution in [0.25, 0.3) is 0 Å². The van der Waals surface area contributed by atoms with E-state index in [-0.39, 0.29) is 17.9 Å². The van der Waals surface area contributed by atoms with E-state index in [0.29, 0.717) is 12.2 Å². The van der Waals surface area contributed by atoms with Crippen LogP contribution < -0.4 is 16.0 Å². The Hall–Kier alpha value is -2.57. The largest absolute Gasteiger partial charge is 0.352 e. The van der Waals surface area contributed by atoms with Gasteiger partial charge in [0.25, 0.3) is 0 Å². The van der Waals surface area contributed by atoms with Gasteiger partial charge in [0.05, 0.1) is 0 Å². The monoisotopic (exact) mass is 348 g/mol. The molecule has 2 atom stereocenters. The summed E-state index contributed by atoms with van der Waals surface area (Å²) in [6.45, 7) is 7.48. The molecule has 138 valence electrons. The van der Waals surface area contributed by atoms with Gasteiger partial charge in [0.2, 0.25) is 11.8 Å². The number of urea groups is 1. The van der Waals surface area contributed by atoms with Crippen molar-refractivity contribution >= 4 is 23.5 Å². The number of benzene rings is 1. The maximum absolute atomic E-state index is 12.1. The third-order valence-electron chi connectivity index (χ3n) is 3.88. The molecule has 25 heavy (non-hydrogen) atoms. The van der Waals surface area contributed by atoms with Gasteiger partial charge in [0, 0.05) is 32.2 Å². The number of hydrogen-bond donors (Lipinski definition) is 3. The number of amides is 4. The summed E-state index contributed by atoms with van der Waals surface area (Å²) in [6.07, 6.45) is 0.826. The standard InChI is InChI=1S/C18H28N4O3/c1-6-12(2)19-17(24)13(3)20-18(25)21-16-9-7-8-15(10-16)11-22(5)14(4)23/h7-10,12-13H,6,11H2,1-5H3,(H,19,24)(H2,20,21,25)/t12-,13-/m1/s1. The van der Waals surface area contributed by atoms with Crippen molar-refractivity contribution in [2.45, 2.75) is 52.7 Å². The number of rotatable bonds is 7. The van der Waals surface area contributed by atoms with Crippen LogP contribution in [-0.4, -0.2) is 41.9 Å². The predicted octanol–water partition coefficient (Wildman–Crippen LogP) is 2.09. The van der Waals surface area contributed by atoms with E-state index in [2.05, 4.69) is 16.0 Å². The Balaban J connectivity index is 2.59. The Kier molecular flexibility index (Phi) is 7.91. The van der Waals surface area contributed by atoms with Gasteiger partial charge in [-0.1, -0.05) is 19.1 Å². The smallest absolute Gasteiger partial charge is 0.319 e. The minimum absolute atomic E-state index is 0.0303. The van der Waals surface area contributed by atoms with Gasteiger partial charge in [-0.2, -0.15) is 0 Å². The average Bonchev–Trinajstić information content (AvgIpc) is 2.54. The summed E-state index contributed by atoms with van der Waals surface area (Å²) < 4.78 is 0. The van der Waals surface area contributed by atoms with E-state index in [9.17, 15) is 14.4 Å². The summed E-state index contributed by atoms with van der Waals surface area (Å²) in [4.78, 5) is 36.9. The molecule has 0 fully saturated rings. The van der Waals surface area contributed by atoms with Gasteiger partial charge in [-0.05, 0) is 38.0 Å². The first-order valence-electron chi connectivity index (χ1n) is 8.41. The van der Waals surface area contributed by atoms with Crippen molar-refractivity contribution < 1.29 is 14.4 Å². The fourth-order valence-electron chi connectivity index (χ4n) is 2.03. The van der Waals surface area contributed by atoms with E-state index in [0.717, 1.165) is 12.0 Å². The van der Waals surface area contributed by atoms with E-state index in [4.69, 9.17) is 0 Å². The maximum atomic E-state index is 12.1. The first-order valence-corrected chi connectivity index (χ1v) is 8.41. The normalized spacial score (nSPS) is 12.7. The number of carbonyl (C=O) groups is 3. The molecule has 7 heteroatoms. The van der Waals surface area contributed by atoms with Gasteiger partial charge in [0.1, 0.15) is 6.04 Å². The summed E-state index contributed by atoms with van der Waals surface area (Å²) in [5.41, 5.74) is 1.50. The molecule has 0 spiro atoms. The summed E-state index contributed by atoms with van der Waals surface area (Å²) in [6, 6.07) is 6.20. The quantitative estimate of drug-likeness (QED) is 0.705. The first-order chi connectivity index (χ1) is 11.7. The van der Waals surface area contributed by atoms with Crippen molar-refractivity contribution in [1.82, 2.24) is 15.5 Å². The zero-order valence-electron chi connectivity index (χ0n) is 15.6. The molecule has 0 aliphatic rings. The third-order valence-corrected chi connectivity index (χ3v) is 3.88. The fourth-order valence-corrected chi connectivity index (χ4v) is 2.03. The van der Waals surface area contributed by atoms with E-state index in [1.807, 2.05) is 19.9 Å². The molecule has 1 aromatic rings. The number of nitrogens with zero attached hydrogens (tertiary/aromatic N) is 1. The third kappa shape index (κ3) is 7.24. The number of nitrogens with one attached hydrogen (secondary N) is 3. The van der Waals surface area contributed by atoms with Crippen molar-refractivity contribution in [3.05, 3.63) is 29.8 Å². The molecule has 0 saturated heterocycles. The summed E-state index contributed by atoms with van der Waals surface area (Å²) >= 11 is 0. The Bertz CT molecular complexity index is 618. The van der Waals surface area contributed by atoms with Crippen LogP contribution in [0.2, 0.25) is 0 Å². The summed E-state index contributed by atoms with van der Waals surface area (Å²) in [5, 5.41) is 8.13. The van der Waals surface area contributed by atoms with Crippen molar-refractivity contribution in [3.8, 4) is 0 Å². The van der Waals surface area contributed by atoms with Crippen LogP contribution in [0, 0.1) is 0 Å². The molecule has 0 saturated carbocycles. The van der Waals surface area contributed by atoms with Gasteiger partial charge >= 0.3 is 6.03 Å². The molecule has 0 aromatic heterocycles. The fraction of sp³-hybridized carbons (Fsp3) is 0.500. The molecule has 1 aromatic carbocycles. The van der Waals surface area contributed by atoms with Crippen LogP contribution in [-0.2, 0) is 16.1 Å². The van der Waals surface area contributed by atoms with Gasteiger partial charge in [-0.25, -0.2) is 4.79 Å². The van der Waals surface area contributed by atoms with Crippen LogP contribution >= 0.6 is 0 Å². The highest BCUT2D eigenvalue weighted by atomic mass is 16.2. The van der Waals surface area contributed by atoms with Crippen LogP contribution in [0.3, 0.4) is 0 Å². The van der Waals surface area contributed by atoms with Crippen LogP contribution in [0.1, 0.15) is 39.7 Å². The molecule has 0 aliphatic carbocycles. The van der Waals surface area contributed by atoms with E-state index >= 15 is 0 Å². The second kappa shape index (κ2) is 9.66. The Labute approximate surface area is 149 Å². The maximum Gasteiger partial charge on any atom is 0.319 e. The molecule has 3 N–H and O–H groups in total. The number of carbonyl (C=O) groups excluding carboxylic acids is 3. The van der Waals surface area contributed by atoms with E-state index in [1.165, 1.54) is 6.92 Å². The van der Waals surface area contributed by atoms with Crippen LogP contribution in [0.4, 0.5) is 10.5 Å². The second-order valence-corrected chi connectivity index (χ2v) is 6.21. The zero-order valence-corrected chi connectivity index (χ0v) is 15.6. The lowest BCUT2D eigenvalue weighted by Gasteiger charge is -2.18. The highest BCUT2D eigenvalue weighted by Crippen LogP contribution is 2.12. The van der Waals surface area contributed by atoms with Crippen molar-refractivity contribution in [3.63, 3.8) is 0 Å². The predicted molar refractivity (Wildman–Crippen MR) is 98.1 cm³/mol. The molecule has 0 radical (unpaired) electrons. The lowest BCUT2D eigenvalue weighted by atomic mass is 10.2. The van der Waals surface area contributed by atoms with Gasteiger partial charge < -0.3 is 20.9 Å². The minimum atomic E-state index is -0.638. The summed E-state index contributed by atoms with van der Waals surface area (Å²) in [7, 11) is 1.72. The average molecular weight is 348 g/mol. The number of hydrogen-bond acceptors (Lipinski definition) is 3. The first kappa shape index (κ1) is 20.5. The second-order valence-electron chi connectivity index (χ2n) is 6.21. The summed E-state index contributed by atoms with van der Waals surface area (Å²) in [5.74, 6) is -0.251. The highest BCUT2D eigenvalue weighted by Gasteiger charge is 2.17. The molecule has 0 unspecified atom stereocenters. The van der Waals surface area contributed by atoms with Crippen molar-refractivity contribution in [2.24, 2.45) is 0 Å². The van der Waals surface area contributed by atoms with Crippen LogP contribution in [0.15, 0.2) is 24.3 Å². The molecule has 0 bridgehead atoms. The molecular weight excluding hydrogens is 320 g/mol.